The second kappa shape index (κ2) is 21.2. The van der Waals surface area contributed by atoms with Crippen LogP contribution in [-0.4, -0.2) is 64.8 Å². The molecular formula is C57H53N3O9. The van der Waals surface area contributed by atoms with Crippen LogP contribution in [0.1, 0.15) is 56.2 Å². The van der Waals surface area contributed by atoms with Crippen LogP contribution in [0.4, 0.5) is 0 Å². The Morgan fingerprint density at radius 3 is 1.33 bits per heavy atom. The summed E-state index contributed by atoms with van der Waals surface area (Å²) >= 11 is 0. The van der Waals surface area contributed by atoms with E-state index >= 15 is 0 Å². The number of aromatic nitrogens is 2. The molecule has 12 nitrogen and oxygen atoms in total. The van der Waals surface area contributed by atoms with Crippen molar-refractivity contribution in [2.24, 2.45) is 0 Å². The minimum atomic E-state index is -1.58. The molecule has 7 aromatic carbocycles. The van der Waals surface area contributed by atoms with Crippen LogP contribution in [0, 0.1) is 11.3 Å². The van der Waals surface area contributed by atoms with Crippen LogP contribution in [0.2, 0.25) is 0 Å². The van der Waals surface area contributed by atoms with Crippen molar-refractivity contribution in [1.82, 2.24) is 9.13 Å². The molecule has 2 unspecified atom stereocenters. The molecule has 0 aliphatic carbocycles. The molecule has 0 saturated carbocycles. The number of hydrogen-bond acceptors (Lipinski definition) is 8. The van der Waals surface area contributed by atoms with Gasteiger partial charge in [0.15, 0.2) is 12.1 Å². The Morgan fingerprint density at radius 2 is 0.870 bits per heavy atom. The lowest BCUT2D eigenvalue weighted by molar-refractivity contribution is -0.151. The fourth-order valence-corrected chi connectivity index (χ4v) is 9.25. The van der Waals surface area contributed by atoms with E-state index in [1.807, 2.05) is 146 Å². The molecule has 2 N–H and O–H groups in total. The Bertz CT molecular complexity index is 3310. The predicted molar refractivity (Wildman–Crippen MR) is 268 cm³/mol. The SMILES string of the molecule is COc1ccc2cc(OCCCCCOc3ccc4c5ccccc5n(C(C(=O)O)C(C(=O)O)n5c6ccccc6c6ccc(OCCCCCOc7ccc(CC#N)cc7)cc65)c4c3)ccc2c1. The molecule has 2 atom stereocenters. The molecule has 2 heterocycles. The fourth-order valence-electron chi connectivity index (χ4n) is 9.25. The molecule has 0 saturated heterocycles. The first-order valence-corrected chi connectivity index (χ1v) is 23.4. The van der Waals surface area contributed by atoms with E-state index in [-0.39, 0.29) is 0 Å². The fraction of sp³-hybridized carbons (Fsp3) is 0.246. The van der Waals surface area contributed by atoms with Crippen LogP contribution in [0.3, 0.4) is 0 Å². The average molecular weight is 924 g/mol. The number of hydrogen-bond donors (Lipinski definition) is 2. The van der Waals surface area contributed by atoms with Crippen LogP contribution in [0.5, 0.6) is 28.7 Å². The van der Waals surface area contributed by atoms with Crippen LogP contribution in [0.15, 0.2) is 146 Å². The molecular weight excluding hydrogens is 871 g/mol. The number of benzene rings is 7. The molecule has 0 aliphatic heterocycles. The molecule has 0 aliphatic rings. The summed E-state index contributed by atoms with van der Waals surface area (Å²) in [6, 6.07) is 44.7. The summed E-state index contributed by atoms with van der Waals surface area (Å²) in [7, 11) is 1.66. The van der Waals surface area contributed by atoms with Crippen molar-refractivity contribution in [3.05, 3.63) is 151 Å². The van der Waals surface area contributed by atoms with Crippen molar-refractivity contribution < 1.29 is 43.5 Å². The van der Waals surface area contributed by atoms with E-state index in [1.165, 1.54) is 0 Å². The van der Waals surface area contributed by atoms with Crippen LogP contribution < -0.4 is 23.7 Å². The lowest BCUT2D eigenvalue weighted by atomic mass is 10.1. The summed E-state index contributed by atoms with van der Waals surface area (Å²) in [5, 5.41) is 36.7. The Kier molecular flexibility index (Phi) is 14.1. The standard InChI is InChI=1S/C57H53N3O9/c1-65-42-22-18-40-35-43(23-19-39(40)34-42)67-31-9-3-11-33-69-45-25-27-49-47-13-5-7-15-51(47)60(53(49)37-45)55(57(63)64)54(56(61)62)59-50-14-6-4-12-46(50)48-26-24-44(36-52(48)59)68-32-10-2-8-30-66-41-20-16-38(17-21-41)28-29-58/h4-7,12-27,34-37,54-55H,2-3,8-11,28,30-33H2,1H3,(H,61,62)(H,63,64). The molecule has 69 heavy (non-hydrogen) atoms. The number of rotatable bonds is 23. The molecule has 0 radical (unpaired) electrons. The summed E-state index contributed by atoms with van der Waals surface area (Å²) in [6.45, 7) is 1.98. The first-order chi connectivity index (χ1) is 33.8. The third kappa shape index (κ3) is 10.1. The van der Waals surface area contributed by atoms with Gasteiger partial charge in [-0.05, 0) is 128 Å². The Hall–Kier alpha value is -8.17. The molecule has 9 rings (SSSR count). The number of aliphatic carboxylic acids is 2. The van der Waals surface area contributed by atoms with Crippen molar-refractivity contribution in [3.63, 3.8) is 0 Å². The number of fused-ring (bicyclic) bond motifs is 7. The first kappa shape index (κ1) is 46.0. The zero-order valence-corrected chi connectivity index (χ0v) is 38.4. The van der Waals surface area contributed by atoms with Gasteiger partial charge in [0.05, 0.1) is 68.1 Å². The molecule has 0 spiro atoms. The number of methoxy groups -OCH3 is 1. The molecule has 9 aromatic rings. The number of carboxylic acids is 2. The molecule has 0 fully saturated rings. The monoisotopic (exact) mass is 923 g/mol. The number of carboxylic acid groups (broad SMARTS) is 2. The van der Waals surface area contributed by atoms with Gasteiger partial charge >= 0.3 is 11.9 Å². The Labute approximate surface area is 399 Å². The molecule has 2 aromatic heterocycles. The number of ether oxygens (including phenoxy) is 5. The van der Waals surface area contributed by atoms with Gasteiger partial charge in [0.2, 0.25) is 0 Å². The van der Waals surface area contributed by atoms with Gasteiger partial charge in [-0.15, -0.1) is 0 Å². The van der Waals surface area contributed by atoms with Crippen molar-refractivity contribution in [2.45, 2.75) is 57.0 Å². The largest absolute Gasteiger partial charge is 0.497 e. The third-order valence-electron chi connectivity index (χ3n) is 12.6. The highest BCUT2D eigenvalue weighted by Crippen LogP contribution is 2.42. The molecule has 350 valence electrons. The van der Waals surface area contributed by atoms with E-state index in [4.69, 9.17) is 28.9 Å². The first-order valence-electron chi connectivity index (χ1n) is 23.4. The van der Waals surface area contributed by atoms with Crippen molar-refractivity contribution in [2.75, 3.05) is 33.5 Å². The lowest BCUT2D eigenvalue weighted by Gasteiger charge is -2.26. The summed E-state index contributed by atoms with van der Waals surface area (Å²) in [4.78, 5) is 27.6. The molecule has 0 bridgehead atoms. The third-order valence-corrected chi connectivity index (χ3v) is 12.6. The van der Waals surface area contributed by atoms with Gasteiger partial charge in [-0.1, -0.05) is 60.7 Å². The maximum Gasteiger partial charge on any atom is 0.329 e. The summed E-state index contributed by atoms with van der Waals surface area (Å²) < 4.78 is 33.1. The van der Waals surface area contributed by atoms with Crippen molar-refractivity contribution in [1.29, 1.82) is 5.26 Å². The Balaban J connectivity index is 0.909. The van der Waals surface area contributed by atoms with E-state index in [2.05, 4.69) is 6.07 Å². The topological polar surface area (TPSA) is 154 Å². The van der Waals surface area contributed by atoms with E-state index in [0.29, 0.717) is 66.4 Å². The van der Waals surface area contributed by atoms with E-state index in [1.54, 1.807) is 16.2 Å². The van der Waals surface area contributed by atoms with Gasteiger partial charge in [-0.3, -0.25) is 0 Å². The molecule has 12 heteroatoms. The smallest absolute Gasteiger partial charge is 0.329 e. The van der Waals surface area contributed by atoms with Gasteiger partial charge < -0.3 is 43.0 Å². The highest BCUT2D eigenvalue weighted by atomic mass is 16.5. The summed E-state index contributed by atoms with van der Waals surface area (Å²) in [5.74, 6) is 0.913. The lowest BCUT2D eigenvalue weighted by Crippen LogP contribution is -2.34. The predicted octanol–water partition coefficient (Wildman–Crippen LogP) is 12.3. The second-order valence-corrected chi connectivity index (χ2v) is 17.1. The number of nitrogens with zero attached hydrogens (tertiary/aromatic N) is 3. The second-order valence-electron chi connectivity index (χ2n) is 17.1. The zero-order valence-electron chi connectivity index (χ0n) is 38.4. The minimum absolute atomic E-state index is 0.365. The summed E-state index contributed by atoms with van der Waals surface area (Å²) in [6.07, 6.45) is 5.30. The minimum Gasteiger partial charge on any atom is -0.497 e. The van der Waals surface area contributed by atoms with Gasteiger partial charge in [0.25, 0.3) is 0 Å². The van der Waals surface area contributed by atoms with Gasteiger partial charge in [0.1, 0.15) is 28.7 Å². The number of nitriles is 1. The summed E-state index contributed by atoms with van der Waals surface area (Å²) in [5.41, 5.74) is 3.24. The van der Waals surface area contributed by atoms with E-state index in [0.717, 1.165) is 93.7 Å². The van der Waals surface area contributed by atoms with Crippen LogP contribution in [0.25, 0.3) is 54.4 Å². The average Bonchev–Trinajstić information content (AvgIpc) is 3.86. The maximum atomic E-state index is 13.8. The van der Waals surface area contributed by atoms with E-state index in [9.17, 15) is 19.8 Å². The maximum absolute atomic E-state index is 13.8. The number of para-hydroxylation sites is 2. The number of unbranched alkanes of at least 4 members (excludes halogenated alkanes) is 4. The van der Waals surface area contributed by atoms with Gasteiger partial charge in [0, 0.05) is 33.7 Å². The highest BCUT2D eigenvalue weighted by Gasteiger charge is 2.40. The van der Waals surface area contributed by atoms with Gasteiger partial charge in [-0.25, -0.2) is 9.59 Å². The van der Waals surface area contributed by atoms with Crippen molar-refractivity contribution >= 4 is 66.3 Å². The quantitative estimate of drug-likeness (QED) is 0.0592. The highest BCUT2D eigenvalue weighted by molar-refractivity contribution is 6.11. The Morgan fingerprint density at radius 1 is 0.478 bits per heavy atom. The molecule has 0 amide bonds. The van der Waals surface area contributed by atoms with Gasteiger partial charge in [-0.2, -0.15) is 5.26 Å². The van der Waals surface area contributed by atoms with Crippen LogP contribution in [-0.2, 0) is 16.0 Å². The number of carbonyl (C=O) groups is 2. The zero-order chi connectivity index (χ0) is 47.7. The van der Waals surface area contributed by atoms with E-state index < -0.39 is 24.0 Å². The van der Waals surface area contributed by atoms with Crippen LogP contribution >= 0.6 is 0 Å². The van der Waals surface area contributed by atoms with Crippen molar-refractivity contribution in [3.8, 4) is 34.8 Å². The normalized spacial score (nSPS) is 12.3.